The number of aldehydes is 1. The van der Waals surface area contributed by atoms with E-state index in [1.54, 1.807) is 0 Å². The number of aliphatic carboxylic acids is 1. The third kappa shape index (κ3) is 4.56. The van der Waals surface area contributed by atoms with Gasteiger partial charge in [0, 0.05) is 0 Å². The Bertz CT molecular complexity index is 185. The summed E-state index contributed by atoms with van der Waals surface area (Å²) in [5, 5.41) is 17.5. The van der Waals surface area contributed by atoms with Crippen molar-refractivity contribution >= 4 is 12.3 Å². The van der Waals surface area contributed by atoms with E-state index < -0.39 is 24.2 Å². The number of carboxylic acids is 1. The molecule has 0 rings (SSSR count). The number of rotatable bonds is 6. The summed E-state index contributed by atoms with van der Waals surface area (Å²) in [5.74, 6) is -1.13. The van der Waals surface area contributed by atoms with Crippen molar-refractivity contribution < 1.29 is 19.8 Å². The highest BCUT2D eigenvalue weighted by atomic mass is 16.4. The molecular weight excluding hydrogens is 176 g/mol. The number of aliphatic hydroxyl groups excluding tert-OH is 1. The van der Waals surface area contributed by atoms with Gasteiger partial charge >= 0.3 is 5.97 Å². The van der Waals surface area contributed by atoms with Gasteiger partial charge in [-0.25, -0.2) is 0 Å². The van der Waals surface area contributed by atoms with Gasteiger partial charge in [-0.1, -0.05) is 0 Å². The van der Waals surface area contributed by atoms with Crippen molar-refractivity contribution in [3.05, 3.63) is 0 Å². The minimum absolute atomic E-state index is 0.0953. The summed E-state index contributed by atoms with van der Waals surface area (Å²) in [4.78, 5) is 20.3. The highest BCUT2D eigenvalue weighted by molar-refractivity contribution is 5.72. The third-order valence-corrected chi connectivity index (χ3v) is 1.69. The van der Waals surface area contributed by atoms with Crippen LogP contribution in [0.3, 0.4) is 0 Å². The highest BCUT2D eigenvalue weighted by Crippen LogP contribution is 2.02. The maximum atomic E-state index is 10.2. The lowest BCUT2D eigenvalue weighted by molar-refractivity contribution is -0.138. The Morgan fingerprint density at radius 2 is 1.92 bits per heavy atom. The first kappa shape index (κ1) is 12.0. The lowest BCUT2D eigenvalue weighted by Gasteiger charge is -2.14. The first-order valence-corrected chi connectivity index (χ1v) is 3.86. The molecule has 6 nitrogen and oxygen atoms in total. The zero-order chi connectivity index (χ0) is 10.4. The molecule has 6 heteroatoms. The summed E-state index contributed by atoms with van der Waals surface area (Å²) in [6.45, 7) is 0. The molecular formula is C7H14N2O4. The van der Waals surface area contributed by atoms with E-state index in [0.717, 1.165) is 0 Å². The molecule has 0 spiro atoms. The van der Waals surface area contributed by atoms with Crippen molar-refractivity contribution in [1.82, 2.24) is 0 Å². The first-order valence-electron chi connectivity index (χ1n) is 3.86. The van der Waals surface area contributed by atoms with Crippen LogP contribution in [0.5, 0.6) is 0 Å². The molecule has 0 heterocycles. The SMILES string of the molecule is NC(C=O)[C@H](O)CC[C@H](N)C(=O)O. The molecule has 0 aromatic carbocycles. The van der Waals surface area contributed by atoms with Crippen molar-refractivity contribution in [2.75, 3.05) is 0 Å². The second-order valence-corrected chi connectivity index (χ2v) is 2.80. The van der Waals surface area contributed by atoms with E-state index in [2.05, 4.69) is 0 Å². The molecule has 6 N–H and O–H groups in total. The van der Waals surface area contributed by atoms with Crippen LogP contribution < -0.4 is 11.5 Å². The van der Waals surface area contributed by atoms with Gasteiger partial charge in [-0.3, -0.25) is 4.79 Å². The molecule has 0 amide bonds. The molecule has 13 heavy (non-hydrogen) atoms. The molecule has 0 aliphatic heterocycles. The summed E-state index contributed by atoms with van der Waals surface area (Å²) < 4.78 is 0. The molecule has 0 aromatic rings. The Morgan fingerprint density at radius 1 is 1.38 bits per heavy atom. The Kier molecular flexibility index (Phi) is 5.20. The van der Waals surface area contributed by atoms with Crippen LogP contribution in [-0.4, -0.2) is 40.7 Å². The third-order valence-electron chi connectivity index (χ3n) is 1.69. The van der Waals surface area contributed by atoms with E-state index in [9.17, 15) is 9.59 Å². The van der Waals surface area contributed by atoms with Gasteiger partial charge in [-0.2, -0.15) is 0 Å². The van der Waals surface area contributed by atoms with E-state index in [4.69, 9.17) is 21.7 Å². The fraction of sp³-hybridized carbons (Fsp3) is 0.714. The summed E-state index contributed by atoms with van der Waals surface area (Å²) in [6.07, 6.45) is -0.412. The highest BCUT2D eigenvalue weighted by Gasteiger charge is 2.17. The zero-order valence-corrected chi connectivity index (χ0v) is 7.09. The van der Waals surface area contributed by atoms with Crippen molar-refractivity contribution in [3.8, 4) is 0 Å². The molecule has 0 fully saturated rings. The summed E-state index contributed by atoms with van der Waals surface area (Å²) in [6, 6.07) is -1.99. The minimum Gasteiger partial charge on any atom is -0.480 e. The van der Waals surface area contributed by atoms with E-state index in [1.165, 1.54) is 0 Å². The Balaban J connectivity index is 3.75. The van der Waals surface area contributed by atoms with Crippen molar-refractivity contribution in [3.63, 3.8) is 0 Å². The van der Waals surface area contributed by atoms with Crippen molar-refractivity contribution in [2.24, 2.45) is 11.5 Å². The van der Waals surface area contributed by atoms with E-state index in [0.29, 0.717) is 6.29 Å². The number of carboxylic acid groups (broad SMARTS) is 1. The second kappa shape index (κ2) is 5.63. The fourth-order valence-electron chi connectivity index (χ4n) is 0.757. The normalized spacial score (nSPS) is 17.5. The van der Waals surface area contributed by atoms with E-state index in [-0.39, 0.29) is 12.8 Å². The number of nitrogens with two attached hydrogens (primary N) is 2. The molecule has 1 unspecified atom stereocenters. The average Bonchev–Trinajstić information content (AvgIpc) is 2.11. The number of carbonyl (C=O) groups is 2. The number of hydrogen-bond acceptors (Lipinski definition) is 5. The van der Waals surface area contributed by atoms with Crippen LogP contribution in [0.2, 0.25) is 0 Å². The van der Waals surface area contributed by atoms with Gasteiger partial charge < -0.3 is 26.5 Å². The minimum atomic E-state index is -1.13. The van der Waals surface area contributed by atoms with Gasteiger partial charge in [0.05, 0.1) is 12.1 Å². The maximum Gasteiger partial charge on any atom is 0.320 e. The molecule has 0 saturated heterocycles. The van der Waals surface area contributed by atoms with Crippen LogP contribution in [0.25, 0.3) is 0 Å². The predicted molar refractivity (Wildman–Crippen MR) is 44.9 cm³/mol. The molecule has 0 radical (unpaired) electrons. The Labute approximate surface area is 75.5 Å². The van der Waals surface area contributed by atoms with Gasteiger partial charge in [0.15, 0.2) is 0 Å². The fourth-order valence-corrected chi connectivity index (χ4v) is 0.757. The summed E-state index contributed by atoms with van der Waals surface area (Å²) in [5.41, 5.74) is 10.3. The quantitative estimate of drug-likeness (QED) is 0.361. The zero-order valence-electron chi connectivity index (χ0n) is 7.09. The molecule has 0 aliphatic rings. The van der Waals surface area contributed by atoms with E-state index in [1.807, 2.05) is 0 Å². The average molecular weight is 190 g/mol. The molecule has 3 atom stereocenters. The monoisotopic (exact) mass is 190 g/mol. The smallest absolute Gasteiger partial charge is 0.320 e. The van der Waals surface area contributed by atoms with E-state index >= 15 is 0 Å². The lowest BCUT2D eigenvalue weighted by atomic mass is 10.0. The van der Waals surface area contributed by atoms with Crippen molar-refractivity contribution in [1.29, 1.82) is 0 Å². The van der Waals surface area contributed by atoms with Gasteiger partial charge in [0.25, 0.3) is 0 Å². The lowest BCUT2D eigenvalue weighted by Crippen LogP contribution is -2.38. The Morgan fingerprint density at radius 3 is 2.31 bits per heavy atom. The largest absolute Gasteiger partial charge is 0.480 e. The van der Waals surface area contributed by atoms with Gasteiger partial charge in [0.2, 0.25) is 0 Å². The molecule has 76 valence electrons. The van der Waals surface area contributed by atoms with Crippen LogP contribution in [0.15, 0.2) is 0 Å². The van der Waals surface area contributed by atoms with Crippen LogP contribution in [0.4, 0.5) is 0 Å². The first-order chi connectivity index (χ1) is 5.99. The second-order valence-electron chi connectivity index (χ2n) is 2.80. The molecule has 0 bridgehead atoms. The number of aliphatic hydroxyl groups is 1. The number of hydrogen-bond donors (Lipinski definition) is 4. The van der Waals surface area contributed by atoms with Crippen LogP contribution in [-0.2, 0) is 9.59 Å². The van der Waals surface area contributed by atoms with Gasteiger partial charge in [-0.05, 0) is 12.8 Å². The molecule has 0 saturated carbocycles. The molecule has 0 aromatic heterocycles. The van der Waals surface area contributed by atoms with Crippen LogP contribution in [0.1, 0.15) is 12.8 Å². The van der Waals surface area contributed by atoms with Crippen LogP contribution in [0, 0.1) is 0 Å². The van der Waals surface area contributed by atoms with Gasteiger partial charge in [0.1, 0.15) is 12.3 Å². The maximum absolute atomic E-state index is 10.2. The summed E-state index contributed by atoms with van der Waals surface area (Å²) in [7, 11) is 0. The molecule has 0 aliphatic carbocycles. The predicted octanol–water partition coefficient (Wildman–Crippen LogP) is -1.93. The van der Waals surface area contributed by atoms with Crippen LogP contribution >= 0.6 is 0 Å². The van der Waals surface area contributed by atoms with Crippen molar-refractivity contribution in [2.45, 2.75) is 31.0 Å². The summed E-state index contributed by atoms with van der Waals surface area (Å²) >= 11 is 0. The standard InChI is InChI=1S/C7H14N2O4/c8-4(7(12)13)1-2-6(11)5(9)3-10/h3-6,11H,1-2,8-9H2,(H,12,13)/t4-,5?,6+/m0/s1. The number of carbonyl (C=O) groups excluding carboxylic acids is 1. The topological polar surface area (TPSA) is 127 Å². The van der Waals surface area contributed by atoms with Gasteiger partial charge in [-0.15, -0.1) is 0 Å². The Hall–Kier alpha value is -0.980.